The van der Waals surface area contributed by atoms with Gasteiger partial charge in [0.1, 0.15) is 0 Å². The molecular formula is C22H24N2O4S2. The van der Waals surface area contributed by atoms with Gasteiger partial charge in [-0.15, -0.1) is 0 Å². The van der Waals surface area contributed by atoms with Gasteiger partial charge in [0.25, 0.3) is 20.0 Å². The minimum atomic E-state index is -3.75. The van der Waals surface area contributed by atoms with E-state index in [9.17, 15) is 16.8 Å². The molecule has 0 saturated heterocycles. The van der Waals surface area contributed by atoms with Crippen LogP contribution in [0.3, 0.4) is 0 Å². The number of hydrogen-bond acceptors (Lipinski definition) is 4. The zero-order valence-electron chi connectivity index (χ0n) is 17.2. The number of nitrogens with one attached hydrogen (secondary N) is 2. The molecule has 0 fully saturated rings. The van der Waals surface area contributed by atoms with Crippen LogP contribution in [-0.4, -0.2) is 16.8 Å². The first-order valence-corrected chi connectivity index (χ1v) is 12.2. The summed E-state index contributed by atoms with van der Waals surface area (Å²) >= 11 is 0. The summed E-state index contributed by atoms with van der Waals surface area (Å²) < 4.78 is 55.8. The monoisotopic (exact) mass is 444 g/mol. The van der Waals surface area contributed by atoms with Crippen molar-refractivity contribution in [3.63, 3.8) is 0 Å². The van der Waals surface area contributed by atoms with Crippen molar-refractivity contribution in [1.29, 1.82) is 0 Å². The second-order valence-corrected chi connectivity index (χ2v) is 10.6. The van der Waals surface area contributed by atoms with Gasteiger partial charge in [0.05, 0.1) is 9.79 Å². The van der Waals surface area contributed by atoms with Crippen molar-refractivity contribution < 1.29 is 16.8 Å². The van der Waals surface area contributed by atoms with Crippen LogP contribution in [0.5, 0.6) is 0 Å². The van der Waals surface area contributed by atoms with Gasteiger partial charge in [0.2, 0.25) is 0 Å². The van der Waals surface area contributed by atoms with Gasteiger partial charge in [-0.1, -0.05) is 35.4 Å². The van der Waals surface area contributed by atoms with Crippen LogP contribution in [0.1, 0.15) is 22.3 Å². The average molecular weight is 445 g/mol. The largest absolute Gasteiger partial charge is 0.280 e. The summed E-state index contributed by atoms with van der Waals surface area (Å²) in [6.07, 6.45) is 0. The molecule has 0 unspecified atom stereocenters. The molecular weight excluding hydrogens is 420 g/mol. The standard InChI is InChI=1S/C22H24N2O4S2/c1-15-5-11-21(17(3)13-15)29(25,26)23-19-7-9-20(10-8-19)24-30(27,28)22-12-6-16(2)14-18(22)4/h5-14,23-24H,1-4H3. The van der Waals surface area contributed by atoms with Crippen LogP contribution in [0.4, 0.5) is 11.4 Å². The van der Waals surface area contributed by atoms with Gasteiger partial charge in [-0.3, -0.25) is 9.44 Å². The van der Waals surface area contributed by atoms with Crippen LogP contribution in [0.2, 0.25) is 0 Å². The zero-order valence-corrected chi connectivity index (χ0v) is 18.9. The molecule has 3 rings (SSSR count). The van der Waals surface area contributed by atoms with E-state index in [4.69, 9.17) is 0 Å². The highest BCUT2D eigenvalue weighted by Gasteiger charge is 2.19. The molecule has 0 radical (unpaired) electrons. The quantitative estimate of drug-likeness (QED) is 0.585. The van der Waals surface area contributed by atoms with E-state index in [2.05, 4.69) is 9.44 Å². The van der Waals surface area contributed by atoms with Gasteiger partial charge in [0, 0.05) is 11.4 Å². The molecule has 3 aromatic carbocycles. The highest BCUT2D eigenvalue weighted by atomic mass is 32.2. The van der Waals surface area contributed by atoms with E-state index in [0.717, 1.165) is 11.1 Å². The van der Waals surface area contributed by atoms with Crippen molar-refractivity contribution in [2.24, 2.45) is 0 Å². The molecule has 0 bridgehead atoms. The Morgan fingerprint density at radius 3 is 1.17 bits per heavy atom. The van der Waals surface area contributed by atoms with Crippen LogP contribution in [0, 0.1) is 27.7 Å². The summed E-state index contributed by atoms with van der Waals surface area (Å²) in [6, 6.07) is 16.3. The Morgan fingerprint density at radius 2 is 0.867 bits per heavy atom. The van der Waals surface area contributed by atoms with Crippen LogP contribution in [0.25, 0.3) is 0 Å². The van der Waals surface area contributed by atoms with Gasteiger partial charge in [-0.05, 0) is 75.2 Å². The highest BCUT2D eigenvalue weighted by Crippen LogP contribution is 2.24. The number of anilines is 2. The van der Waals surface area contributed by atoms with E-state index in [1.807, 2.05) is 13.8 Å². The van der Waals surface area contributed by atoms with Crippen LogP contribution >= 0.6 is 0 Å². The molecule has 158 valence electrons. The summed E-state index contributed by atoms with van der Waals surface area (Å²) in [6.45, 7) is 7.28. The van der Waals surface area contributed by atoms with E-state index in [-0.39, 0.29) is 9.79 Å². The summed E-state index contributed by atoms with van der Waals surface area (Å²) in [7, 11) is -7.50. The van der Waals surface area contributed by atoms with Crippen molar-refractivity contribution in [1.82, 2.24) is 0 Å². The molecule has 3 aromatic rings. The number of benzene rings is 3. The van der Waals surface area contributed by atoms with Crippen molar-refractivity contribution in [2.45, 2.75) is 37.5 Å². The van der Waals surface area contributed by atoms with Crippen molar-refractivity contribution >= 4 is 31.4 Å². The fraction of sp³-hybridized carbons (Fsp3) is 0.182. The lowest BCUT2D eigenvalue weighted by Crippen LogP contribution is -2.15. The van der Waals surface area contributed by atoms with Gasteiger partial charge >= 0.3 is 0 Å². The summed E-state index contributed by atoms with van der Waals surface area (Å²) in [5.74, 6) is 0. The maximum Gasteiger partial charge on any atom is 0.262 e. The second-order valence-electron chi connectivity index (χ2n) is 7.33. The number of rotatable bonds is 6. The Morgan fingerprint density at radius 1 is 0.533 bits per heavy atom. The summed E-state index contributed by atoms with van der Waals surface area (Å²) in [5.41, 5.74) is 3.94. The number of aryl methyl sites for hydroxylation is 4. The molecule has 8 heteroatoms. The molecule has 0 spiro atoms. The molecule has 6 nitrogen and oxygen atoms in total. The van der Waals surface area contributed by atoms with Crippen molar-refractivity contribution in [2.75, 3.05) is 9.44 Å². The third-order valence-electron chi connectivity index (χ3n) is 4.63. The molecule has 0 aliphatic carbocycles. The zero-order chi connectivity index (χ0) is 22.1. The molecule has 0 aromatic heterocycles. The Hall–Kier alpha value is -2.84. The first-order chi connectivity index (χ1) is 14.0. The number of sulfonamides is 2. The van der Waals surface area contributed by atoms with E-state index >= 15 is 0 Å². The predicted octanol–water partition coefficient (Wildman–Crippen LogP) is 4.52. The van der Waals surface area contributed by atoms with E-state index in [1.54, 1.807) is 50.2 Å². The lowest BCUT2D eigenvalue weighted by molar-refractivity contribution is 0.598. The Kier molecular flexibility index (Phi) is 5.92. The Balaban J connectivity index is 1.79. The summed E-state index contributed by atoms with van der Waals surface area (Å²) in [4.78, 5) is 0.403. The van der Waals surface area contributed by atoms with Crippen LogP contribution in [-0.2, 0) is 20.0 Å². The lowest BCUT2D eigenvalue weighted by Gasteiger charge is -2.13. The third kappa shape index (κ3) is 4.83. The van der Waals surface area contributed by atoms with Crippen LogP contribution < -0.4 is 9.44 Å². The molecule has 2 N–H and O–H groups in total. The lowest BCUT2D eigenvalue weighted by atomic mass is 10.2. The molecule has 0 aliphatic rings. The fourth-order valence-corrected chi connectivity index (χ4v) is 5.80. The molecule has 0 aliphatic heterocycles. The first-order valence-electron chi connectivity index (χ1n) is 9.28. The minimum Gasteiger partial charge on any atom is -0.280 e. The van der Waals surface area contributed by atoms with E-state index in [1.165, 1.54) is 24.3 Å². The fourth-order valence-electron chi connectivity index (χ4n) is 3.23. The van der Waals surface area contributed by atoms with Crippen LogP contribution in [0.15, 0.2) is 70.5 Å². The predicted molar refractivity (Wildman–Crippen MR) is 120 cm³/mol. The SMILES string of the molecule is Cc1ccc(S(=O)(=O)Nc2ccc(NS(=O)(=O)c3ccc(C)cc3C)cc2)c(C)c1. The molecule has 0 amide bonds. The van der Waals surface area contributed by atoms with Gasteiger partial charge in [-0.2, -0.15) is 0 Å². The van der Waals surface area contributed by atoms with Gasteiger partial charge in [0.15, 0.2) is 0 Å². The minimum absolute atomic E-state index is 0.202. The smallest absolute Gasteiger partial charge is 0.262 e. The third-order valence-corrected chi connectivity index (χ3v) is 7.71. The Bertz CT molecular complexity index is 1190. The van der Waals surface area contributed by atoms with Crippen molar-refractivity contribution in [3.8, 4) is 0 Å². The van der Waals surface area contributed by atoms with E-state index in [0.29, 0.717) is 22.5 Å². The maximum absolute atomic E-state index is 12.7. The van der Waals surface area contributed by atoms with Gasteiger partial charge < -0.3 is 0 Å². The summed E-state index contributed by atoms with van der Waals surface area (Å²) in [5, 5.41) is 0. The van der Waals surface area contributed by atoms with E-state index < -0.39 is 20.0 Å². The molecule has 30 heavy (non-hydrogen) atoms. The first kappa shape index (κ1) is 21.9. The normalized spacial score (nSPS) is 11.9. The maximum atomic E-state index is 12.7. The molecule has 0 heterocycles. The number of hydrogen-bond donors (Lipinski definition) is 2. The topological polar surface area (TPSA) is 92.3 Å². The average Bonchev–Trinajstić information content (AvgIpc) is 2.62. The Labute approximate surface area is 178 Å². The van der Waals surface area contributed by atoms with Crippen molar-refractivity contribution in [3.05, 3.63) is 82.9 Å². The highest BCUT2D eigenvalue weighted by molar-refractivity contribution is 7.93. The second kappa shape index (κ2) is 8.12. The molecule has 0 atom stereocenters. The molecule has 0 saturated carbocycles. The van der Waals surface area contributed by atoms with Gasteiger partial charge in [-0.25, -0.2) is 16.8 Å².